The van der Waals surface area contributed by atoms with Crippen molar-refractivity contribution in [2.75, 3.05) is 19.0 Å². The molecule has 0 spiro atoms. The van der Waals surface area contributed by atoms with Crippen LogP contribution >= 0.6 is 11.8 Å². The zero-order valence-electron chi connectivity index (χ0n) is 17.9. The summed E-state index contributed by atoms with van der Waals surface area (Å²) >= 11 is 1.95. The average Bonchev–Trinajstić information content (AvgIpc) is 2.68. The lowest BCUT2D eigenvalue weighted by molar-refractivity contribution is 0.172. The molecule has 1 aliphatic heterocycles. The van der Waals surface area contributed by atoms with E-state index in [2.05, 4.69) is 69.5 Å². The fourth-order valence-electron chi connectivity index (χ4n) is 3.10. The van der Waals surface area contributed by atoms with Crippen molar-refractivity contribution in [3.63, 3.8) is 0 Å². The van der Waals surface area contributed by atoms with Crippen LogP contribution in [0.4, 0.5) is 0 Å². The quantitative estimate of drug-likeness (QED) is 0.265. The van der Waals surface area contributed by atoms with Gasteiger partial charge in [0.2, 0.25) is 0 Å². The molecule has 0 aromatic heterocycles. The van der Waals surface area contributed by atoms with E-state index in [-0.39, 0.29) is 5.41 Å². The second-order valence-corrected chi connectivity index (χ2v) is 9.00. The van der Waals surface area contributed by atoms with Crippen molar-refractivity contribution in [2.24, 2.45) is 0 Å². The highest BCUT2D eigenvalue weighted by Gasteiger charge is 2.27. The summed E-state index contributed by atoms with van der Waals surface area (Å²) in [7, 11) is 0. The van der Waals surface area contributed by atoms with Gasteiger partial charge in [0.1, 0.15) is 0 Å². The van der Waals surface area contributed by atoms with Crippen LogP contribution in [0.2, 0.25) is 0 Å². The molecule has 0 radical (unpaired) electrons. The Bertz CT molecular complexity index is 786. The van der Waals surface area contributed by atoms with Gasteiger partial charge in [-0.3, -0.25) is 0 Å². The van der Waals surface area contributed by atoms with Gasteiger partial charge in [0, 0.05) is 22.6 Å². The first-order valence-corrected chi connectivity index (χ1v) is 11.4. The highest BCUT2D eigenvalue weighted by atomic mass is 32.2. The minimum atomic E-state index is 0.229. The molecule has 0 unspecified atom stereocenters. The molecule has 0 amide bonds. The number of allylic oxidation sites excluding steroid dienone is 3. The minimum Gasteiger partial charge on any atom is -0.377 e. The van der Waals surface area contributed by atoms with Crippen LogP contribution in [0.15, 0.2) is 59.0 Å². The Balaban J connectivity index is 2.07. The molecule has 1 aromatic carbocycles. The van der Waals surface area contributed by atoms with Gasteiger partial charge in [-0.25, -0.2) is 0 Å². The van der Waals surface area contributed by atoms with Crippen LogP contribution in [-0.4, -0.2) is 19.0 Å². The normalized spacial score (nSPS) is 15.8. The van der Waals surface area contributed by atoms with Gasteiger partial charge in [-0.1, -0.05) is 64.2 Å². The van der Waals surface area contributed by atoms with Crippen molar-refractivity contribution in [1.29, 1.82) is 0 Å². The van der Waals surface area contributed by atoms with Crippen LogP contribution in [0.3, 0.4) is 0 Å². The number of hydrogen-bond acceptors (Lipinski definition) is 2. The van der Waals surface area contributed by atoms with E-state index in [9.17, 15) is 0 Å². The molecule has 1 heterocycles. The van der Waals surface area contributed by atoms with E-state index in [1.165, 1.54) is 41.0 Å². The van der Waals surface area contributed by atoms with Crippen LogP contribution in [-0.2, 0) is 10.2 Å². The van der Waals surface area contributed by atoms with E-state index in [4.69, 9.17) is 4.74 Å². The number of ether oxygens (including phenoxy) is 1. The summed E-state index contributed by atoms with van der Waals surface area (Å²) in [5.41, 5.74) is 4.74. The predicted molar refractivity (Wildman–Crippen MR) is 124 cm³/mol. The minimum absolute atomic E-state index is 0.229. The lowest BCUT2D eigenvalue weighted by Crippen LogP contribution is -2.22. The van der Waals surface area contributed by atoms with Crippen LogP contribution in [0.5, 0.6) is 0 Å². The predicted octanol–water partition coefficient (Wildman–Crippen LogP) is 7.08. The molecule has 1 aliphatic rings. The van der Waals surface area contributed by atoms with Crippen molar-refractivity contribution >= 4 is 11.8 Å². The van der Waals surface area contributed by atoms with Gasteiger partial charge in [0.15, 0.2) is 0 Å². The molecule has 0 N–H and O–H groups in total. The monoisotopic (exact) mass is 394 g/mol. The molecule has 0 aliphatic carbocycles. The zero-order valence-corrected chi connectivity index (χ0v) is 18.8. The van der Waals surface area contributed by atoms with E-state index < -0.39 is 0 Å². The molecule has 1 nitrogen and oxygen atoms in total. The Morgan fingerprint density at radius 2 is 2.11 bits per heavy atom. The second kappa shape index (κ2) is 11.3. The Morgan fingerprint density at radius 3 is 2.86 bits per heavy atom. The first kappa shape index (κ1) is 22.6. The lowest BCUT2D eigenvalue weighted by atomic mass is 9.81. The third kappa shape index (κ3) is 7.04. The van der Waals surface area contributed by atoms with Gasteiger partial charge < -0.3 is 4.74 Å². The largest absolute Gasteiger partial charge is 0.377 e. The summed E-state index contributed by atoms with van der Waals surface area (Å²) in [6, 6.07) is 6.61. The smallest absolute Gasteiger partial charge is 0.0713 e. The van der Waals surface area contributed by atoms with Crippen molar-refractivity contribution in [2.45, 2.75) is 63.7 Å². The number of benzene rings is 1. The highest BCUT2D eigenvalue weighted by molar-refractivity contribution is 7.99. The lowest BCUT2D eigenvalue weighted by Gasteiger charge is -2.32. The molecule has 0 saturated heterocycles. The highest BCUT2D eigenvalue weighted by Crippen LogP contribution is 2.41. The average molecular weight is 395 g/mol. The van der Waals surface area contributed by atoms with Gasteiger partial charge in [-0.15, -0.1) is 11.8 Å². The third-order valence-corrected chi connectivity index (χ3v) is 6.07. The maximum Gasteiger partial charge on any atom is 0.0713 e. The first-order chi connectivity index (χ1) is 13.5. The number of thioether (sulfide) groups is 1. The van der Waals surface area contributed by atoms with Crippen molar-refractivity contribution in [1.82, 2.24) is 0 Å². The van der Waals surface area contributed by atoms with E-state index in [1.54, 1.807) is 0 Å². The summed E-state index contributed by atoms with van der Waals surface area (Å²) < 4.78 is 5.57. The van der Waals surface area contributed by atoms with Crippen molar-refractivity contribution in [3.8, 4) is 11.8 Å². The van der Waals surface area contributed by atoms with Crippen LogP contribution in [0.1, 0.15) is 64.5 Å². The molecule has 0 saturated carbocycles. The molecule has 1 aromatic rings. The van der Waals surface area contributed by atoms with Crippen LogP contribution in [0.25, 0.3) is 0 Å². The number of rotatable bonds is 8. The molecular weight excluding hydrogens is 360 g/mol. The van der Waals surface area contributed by atoms with Crippen LogP contribution in [0, 0.1) is 11.8 Å². The summed E-state index contributed by atoms with van der Waals surface area (Å²) in [5, 5.41) is 0. The first-order valence-electron chi connectivity index (χ1n) is 10.4. The Labute approximate surface area is 176 Å². The second-order valence-electron chi connectivity index (χ2n) is 7.86. The maximum absolute atomic E-state index is 5.57. The molecule has 0 atom stereocenters. The zero-order chi connectivity index (χ0) is 20.4. The van der Waals surface area contributed by atoms with Crippen molar-refractivity contribution in [3.05, 3.63) is 65.3 Å². The van der Waals surface area contributed by atoms with Gasteiger partial charge in [0.05, 0.1) is 6.61 Å². The fraction of sp³-hybridized carbons (Fsp3) is 0.462. The van der Waals surface area contributed by atoms with E-state index in [0.717, 1.165) is 24.2 Å². The molecule has 2 heteroatoms. The Hall–Kier alpha value is -1.69. The van der Waals surface area contributed by atoms with Gasteiger partial charge in [0.25, 0.3) is 0 Å². The molecule has 2 rings (SSSR count). The number of hydrogen-bond donors (Lipinski definition) is 0. The number of unbranched alkanes of at least 4 members (excludes halogenated alkanes) is 2. The Morgan fingerprint density at radius 1 is 1.29 bits per heavy atom. The fourth-order valence-corrected chi connectivity index (χ4v) is 4.59. The molecule has 150 valence electrons. The third-order valence-electron chi connectivity index (χ3n) is 5.00. The SMILES string of the molecule is C=C(C#Cc1ccc2c(c1)C(C)(C)CCS2)/C=C\C(=C/CCCC)COCC. The Kier molecular flexibility index (Phi) is 9.16. The summed E-state index contributed by atoms with van der Waals surface area (Å²) in [5.74, 6) is 7.69. The van der Waals surface area contributed by atoms with Crippen molar-refractivity contribution < 1.29 is 4.74 Å². The van der Waals surface area contributed by atoms with Gasteiger partial charge >= 0.3 is 0 Å². The topological polar surface area (TPSA) is 9.23 Å². The standard InChI is InChI=1S/C26H34OS/c1-6-8-9-10-23(20-27-7-2)14-12-21(3)11-13-22-15-16-25-24(19-22)26(4,5)17-18-28-25/h10,12,14-16,19H,3,6-9,17-18,20H2,1-2,4-5H3/b14-12-,23-10+. The van der Waals surface area contributed by atoms with Gasteiger partial charge in [-0.05, 0) is 66.3 Å². The van der Waals surface area contributed by atoms with E-state index >= 15 is 0 Å². The van der Waals surface area contributed by atoms with E-state index in [0.29, 0.717) is 6.61 Å². The molecule has 28 heavy (non-hydrogen) atoms. The van der Waals surface area contributed by atoms with Gasteiger partial charge in [-0.2, -0.15) is 0 Å². The summed E-state index contributed by atoms with van der Waals surface area (Å²) in [4.78, 5) is 1.40. The number of fused-ring (bicyclic) bond motifs is 1. The summed E-state index contributed by atoms with van der Waals surface area (Å²) in [6.07, 6.45) is 11.1. The molecule has 0 fully saturated rings. The van der Waals surface area contributed by atoms with Crippen LogP contribution < -0.4 is 0 Å². The maximum atomic E-state index is 5.57. The molecule has 0 bridgehead atoms. The molecular formula is C26H34OS. The van der Waals surface area contributed by atoms with E-state index in [1.807, 2.05) is 24.8 Å². The summed E-state index contributed by atoms with van der Waals surface area (Å²) in [6.45, 7) is 14.4.